The summed E-state index contributed by atoms with van der Waals surface area (Å²) in [5.74, 6) is -0.872. The average molecular weight is 250 g/mol. The monoisotopic (exact) mass is 250 g/mol. The molecule has 0 aliphatic rings. The number of hydrogen-bond donors (Lipinski definition) is 2. The maximum Gasteiger partial charge on any atom is 0.335 e. The number of nitrogens with zero attached hydrogens (tertiary/aromatic N) is 1. The number of anilines is 1. The molecule has 0 aromatic heterocycles. The number of carbonyl (C=O) groups is 2. The molecule has 1 rings (SSSR count). The standard InChI is InChI=1S/C13H18N2O3/c1-9-8-10(4-5-11(9)13(17)18)14-7-6-12(16)15(2)3/h4-5,8,14H,6-7H2,1-3H3,(H,17,18). The van der Waals surface area contributed by atoms with Gasteiger partial charge in [-0.1, -0.05) is 0 Å². The molecule has 0 unspecified atom stereocenters. The first-order chi connectivity index (χ1) is 8.41. The quantitative estimate of drug-likeness (QED) is 0.832. The SMILES string of the molecule is Cc1cc(NCCC(=O)N(C)C)ccc1C(=O)O. The van der Waals surface area contributed by atoms with Crippen molar-refractivity contribution in [1.82, 2.24) is 4.90 Å². The number of carboxylic acids is 1. The van der Waals surface area contributed by atoms with E-state index in [9.17, 15) is 9.59 Å². The molecule has 0 atom stereocenters. The average Bonchev–Trinajstić information content (AvgIpc) is 2.28. The normalized spacial score (nSPS) is 9.94. The minimum atomic E-state index is -0.929. The van der Waals surface area contributed by atoms with Gasteiger partial charge in [0.25, 0.3) is 0 Å². The molecule has 0 bridgehead atoms. The van der Waals surface area contributed by atoms with E-state index < -0.39 is 5.97 Å². The topological polar surface area (TPSA) is 69.6 Å². The van der Waals surface area contributed by atoms with Crippen LogP contribution < -0.4 is 5.32 Å². The lowest BCUT2D eigenvalue weighted by atomic mass is 10.1. The van der Waals surface area contributed by atoms with Gasteiger partial charge in [-0.15, -0.1) is 0 Å². The first-order valence-corrected chi connectivity index (χ1v) is 5.70. The highest BCUT2D eigenvalue weighted by molar-refractivity contribution is 5.89. The zero-order chi connectivity index (χ0) is 13.7. The zero-order valence-corrected chi connectivity index (χ0v) is 10.9. The summed E-state index contributed by atoms with van der Waals surface area (Å²) in [7, 11) is 3.43. The third-order valence-corrected chi connectivity index (χ3v) is 2.62. The van der Waals surface area contributed by atoms with Crippen molar-refractivity contribution < 1.29 is 14.7 Å². The van der Waals surface area contributed by atoms with Crippen LogP contribution in [0.5, 0.6) is 0 Å². The molecule has 0 fully saturated rings. The molecule has 0 radical (unpaired) electrons. The van der Waals surface area contributed by atoms with Gasteiger partial charge in [0.2, 0.25) is 5.91 Å². The van der Waals surface area contributed by atoms with Crippen LogP contribution in [0.25, 0.3) is 0 Å². The Morgan fingerprint density at radius 1 is 1.33 bits per heavy atom. The summed E-state index contributed by atoms with van der Waals surface area (Å²) >= 11 is 0. The van der Waals surface area contributed by atoms with E-state index in [1.807, 2.05) is 0 Å². The molecule has 1 aromatic carbocycles. The Morgan fingerprint density at radius 2 is 2.00 bits per heavy atom. The van der Waals surface area contributed by atoms with Crippen molar-refractivity contribution in [3.63, 3.8) is 0 Å². The van der Waals surface area contributed by atoms with Gasteiger partial charge in [-0.05, 0) is 30.7 Å². The third kappa shape index (κ3) is 3.76. The van der Waals surface area contributed by atoms with Gasteiger partial charge in [0, 0.05) is 32.7 Å². The second-order valence-electron chi connectivity index (χ2n) is 4.30. The van der Waals surface area contributed by atoms with Crippen molar-refractivity contribution in [2.75, 3.05) is 26.0 Å². The summed E-state index contributed by atoms with van der Waals surface area (Å²) < 4.78 is 0. The minimum Gasteiger partial charge on any atom is -0.478 e. The molecule has 98 valence electrons. The fourth-order valence-electron chi connectivity index (χ4n) is 1.55. The molecule has 1 aromatic rings. The highest BCUT2D eigenvalue weighted by Crippen LogP contribution is 2.15. The molecule has 0 saturated heterocycles. The first-order valence-electron chi connectivity index (χ1n) is 5.70. The van der Waals surface area contributed by atoms with Crippen molar-refractivity contribution >= 4 is 17.6 Å². The van der Waals surface area contributed by atoms with E-state index in [0.29, 0.717) is 24.1 Å². The summed E-state index contributed by atoms with van der Waals surface area (Å²) in [4.78, 5) is 23.7. The number of aromatic carboxylic acids is 1. The van der Waals surface area contributed by atoms with Gasteiger partial charge in [-0.3, -0.25) is 4.79 Å². The van der Waals surface area contributed by atoms with Crippen molar-refractivity contribution in [2.24, 2.45) is 0 Å². The number of aryl methyl sites for hydroxylation is 1. The van der Waals surface area contributed by atoms with Gasteiger partial charge in [0.05, 0.1) is 5.56 Å². The van der Waals surface area contributed by atoms with Crippen LogP contribution >= 0.6 is 0 Å². The van der Waals surface area contributed by atoms with E-state index in [4.69, 9.17) is 5.11 Å². The molecule has 18 heavy (non-hydrogen) atoms. The second-order valence-corrected chi connectivity index (χ2v) is 4.30. The van der Waals surface area contributed by atoms with E-state index in [1.165, 1.54) is 0 Å². The summed E-state index contributed by atoms with van der Waals surface area (Å²) in [5.41, 5.74) is 1.82. The third-order valence-electron chi connectivity index (χ3n) is 2.62. The van der Waals surface area contributed by atoms with E-state index in [1.54, 1.807) is 44.1 Å². The Bertz CT molecular complexity index is 456. The first kappa shape index (κ1) is 14.0. The molecule has 0 heterocycles. The largest absolute Gasteiger partial charge is 0.478 e. The number of rotatable bonds is 5. The Morgan fingerprint density at radius 3 is 2.50 bits per heavy atom. The number of benzene rings is 1. The molecular formula is C13H18N2O3. The summed E-state index contributed by atoms with van der Waals surface area (Å²) in [6.07, 6.45) is 0.409. The van der Waals surface area contributed by atoms with Crippen molar-refractivity contribution in [1.29, 1.82) is 0 Å². The van der Waals surface area contributed by atoms with Crippen molar-refractivity contribution in [3.05, 3.63) is 29.3 Å². The van der Waals surface area contributed by atoms with Gasteiger partial charge >= 0.3 is 5.97 Å². The minimum absolute atomic E-state index is 0.0568. The molecule has 5 nitrogen and oxygen atoms in total. The molecule has 0 spiro atoms. The van der Waals surface area contributed by atoms with Crippen molar-refractivity contribution in [3.8, 4) is 0 Å². The van der Waals surface area contributed by atoms with Crippen LogP contribution in [0.3, 0.4) is 0 Å². The Balaban J connectivity index is 2.57. The molecule has 1 amide bonds. The predicted octanol–water partition coefficient (Wildman–Crippen LogP) is 1.58. The molecule has 2 N–H and O–H groups in total. The van der Waals surface area contributed by atoms with E-state index in [2.05, 4.69) is 5.32 Å². The fraction of sp³-hybridized carbons (Fsp3) is 0.385. The van der Waals surface area contributed by atoms with Crippen LogP contribution in [0, 0.1) is 6.92 Å². The van der Waals surface area contributed by atoms with Crippen LogP contribution in [0.2, 0.25) is 0 Å². The lowest BCUT2D eigenvalue weighted by molar-refractivity contribution is -0.128. The maximum atomic E-state index is 11.4. The summed E-state index contributed by atoms with van der Waals surface area (Å²) in [5, 5.41) is 12.0. The van der Waals surface area contributed by atoms with Gasteiger partial charge in [-0.2, -0.15) is 0 Å². The fourth-order valence-corrected chi connectivity index (χ4v) is 1.55. The van der Waals surface area contributed by atoms with Crippen LogP contribution in [0.4, 0.5) is 5.69 Å². The van der Waals surface area contributed by atoms with E-state index in [0.717, 1.165) is 5.69 Å². The van der Waals surface area contributed by atoms with Crippen LogP contribution in [0.15, 0.2) is 18.2 Å². The number of carbonyl (C=O) groups excluding carboxylic acids is 1. The number of carboxylic acid groups (broad SMARTS) is 1. The maximum absolute atomic E-state index is 11.4. The predicted molar refractivity (Wildman–Crippen MR) is 69.9 cm³/mol. The van der Waals surface area contributed by atoms with E-state index in [-0.39, 0.29) is 5.91 Å². The number of nitrogens with one attached hydrogen (secondary N) is 1. The van der Waals surface area contributed by atoms with Crippen molar-refractivity contribution in [2.45, 2.75) is 13.3 Å². The second kappa shape index (κ2) is 6.05. The van der Waals surface area contributed by atoms with Gasteiger partial charge in [0.15, 0.2) is 0 Å². The highest BCUT2D eigenvalue weighted by Gasteiger charge is 2.07. The highest BCUT2D eigenvalue weighted by atomic mass is 16.4. The van der Waals surface area contributed by atoms with Gasteiger partial charge < -0.3 is 15.3 Å². The summed E-state index contributed by atoms with van der Waals surface area (Å²) in [6.45, 7) is 2.28. The molecule has 5 heteroatoms. The van der Waals surface area contributed by atoms with E-state index >= 15 is 0 Å². The molecule has 0 aliphatic carbocycles. The number of amides is 1. The Hall–Kier alpha value is -2.04. The Labute approximate surface area is 106 Å². The van der Waals surface area contributed by atoms with Crippen LogP contribution in [0.1, 0.15) is 22.3 Å². The van der Waals surface area contributed by atoms with Gasteiger partial charge in [0.1, 0.15) is 0 Å². The zero-order valence-electron chi connectivity index (χ0n) is 10.9. The lowest BCUT2D eigenvalue weighted by Gasteiger charge is -2.12. The summed E-state index contributed by atoms with van der Waals surface area (Å²) in [6, 6.07) is 5.04. The van der Waals surface area contributed by atoms with Gasteiger partial charge in [-0.25, -0.2) is 4.79 Å². The lowest BCUT2D eigenvalue weighted by Crippen LogP contribution is -2.23. The molecule has 0 aliphatic heterocycles. The molecule has 0 saturated carbocycles. The Kier molecular flexibility index (Phi) is 4.71. The van der Waals surface area contributed by atoms with Crippen LogP contribution in [-0.2, 0) is 4.79 Å². The molecular weight excluding hydrogens is 232 g/mol. The van der Waals surface area contributed by atoms with Crippen LogP contribution in [-0.4, -0.2) is 42.5 Å². The smallest absolute Gasteiger partial charge is 0.335 e. The number of hydrogen-bond acceptors (Lipinski definition) is 3.